The molecule has 2 unspecified atom stereocenters. The van der Waals surface area contributed by atoms with Gasteiger partial charge >= 0.3 is 0 Å². The summed E-state index contributed by atoms with van der Waals surface area (Å²) in [5.41, 5.74) is 12.6. The molecule has 0 bridgehead atoms. The SMILES string of the molecule is NC(=O)c1cc2ccccc2nc1OC1CCCCC1N. The van der Waals surface area contributed by atoms with Gasteiger partial charge in [0.25, 0.3) is 5.91 Å². The lowest BCUT2D eigenvalue weighted by Gasteiger charge is -2.29. The third kappa shape index (κ3) is 2.83. The average Bonchev–Trinajstić information content (AvgIpc) is 2.48. The van der Waals surface area contributed by atoms with E-state index in [0.29, 0.717) is 11.4 Å². The third-order valence-corrected chi connectivity index (χ3v) is 3.97. The first-order chi connectivity index (χ1) is 10.1. The number of nitrogens with two attached hydrogens (primary N) is 2. The van der Waals surface area contributed by atoms with Gasteiger partial charge in [0, 0.05) is 11.4 Å². The van der Waals surface area contributed by atoms with Crippen molar-refractivity contribution in [3.05, 3.63) is 35.9 Å². The first-order valence-electron chi connectivity index (χ1n) is 7.27. The number of amides is 1. The summed E-state index contributed by atoms with van der Waals surface area (Å²) in [5, 5.41) is 0.867. The minimum Gasteiger partial charge on any atom is -0.472 e. The molecule has 1 aromatic heterocycles. The summed E-state index contributed by atoms with van der Waals surface area (Å²) in [6.45, 7) is 0. The fourth-order valence-electron chi connectivity index (χ4n) is 2.78. The quantitative estimate of drug-likeness (QED) is 0.902. The molecule has 1 fully saturated rings. The molecule has 1 aromatic carbocycles. The molecule has 1 aliphatic rings. The molecule has 21 heavy (non-hydrogen) atoms. The van der Waals surface area contributed by atoms with E-state index in [2.05, 4.69) is 4.98 Å². The van der Waals surface area contributed by atoms with Crippen molar-refractivity contribution in [1.82, 2.24) is 4.98 Å². The number of nitrogens with zero attached hydrogens (tertiary/aromatic N) is 1. The van der Waals surface area contributed by atoms with Gasteiger partial charge in [-0.05, 0) is 31.4 Å². The van der Waals surface area contributed by atoms with Crippen molar-refractivity contribution >= 4 is 16.8 Å². The molecule has 0 aliphatic heterocycles. The average molecular weight is 285 g/mol. The zero-order chi connectivity index (χ0) is 14.8. The molecule has 1 saturated carbocycles. The Labute approximate surface area is 123 Å². The van der Waals surface area contributed by atoms with E-state index >= 15 is 0 Å². The lowest BCUT2D eigenvalue weighted by atomic mass is 9.93. The summed E-state index contributed by atoms with van der Waals surface area (Å²) < 4.78 is 5.93. The van der Waals surface area contributed by atoms with Crippen LogP contribution in [-0.2, 0) is 0 Å². The summed E-state index contributed by atoms with van der Waals surface area (Å²) in [7, 11) is 0. The number of hydrogen-bond donors (Lipinski definition) is 2. The number of ether oxygens (including phenoxy) is 1. The van der Waals surface area contributed by atoms with Crippen molar-refractivity contribution in [2.24, 2.45) is 11.5 Å². The molecule has 0 spiro atoms. The third-order valence-electron chi connectivity index (χ3n) is 3.97. The second-order valence-corrected chi connectivity index (χ2v) is 5.50. The highest BCUT2D eigenvalue weighted by Gasteiger charge is 2.25. The number of fused-ring (bicyclic) bond motifs is 1. The molecule has 1 heterocycles. The summed E-state index contributed by atoms with van der Waals surface area (Å²) >= 11 is 0. The molecule has 0 saturated heterocycles. The maximum Gasteiger partial charge on any atom is 0.254 e. The van der Waals surface area contributed by atoms with Crippen LogP contribution in [0.3, 0.4) is 0 Å². The van der Waals surface area contributed by atoms with Gasteiger partial charge in [0.05, 0.1) is 5.52 Å². The standard InChI is InChI=1S/C16H19N3O2/c17-12-6-2-4-8-14(12)21-16-11(15(18)20)9-10-5-1-3-7-13(10)19-16/h1,3,5,7,9,12,14H,2,4,6,8,17H2,(H2,18,20). The fourth-order valence-corrected chi connectivity index (χ4v) is 2.78. The van der Waals surface area contributed by atoms with Crippen molar-refractivity contribution in [1.29, 1.82) is 0 Å². The van der Waals surface area contributed by atoms with Crippen LogP contribution in [0.2, 0.25) is 0 Å². The lowest BCUT2D eigenvalue weighted by Crippen LogP contribution is -2.41. The van der Waals surface area contributed by atoms with Gasteiger partial charge < -0.3 is 16.2 Å². The van der Waals surface area contributed by atoms with Gasteiger partial charge in [-0.15, -0.1) is 0 Å². The lowest BCUT2D eigenvalue weighted by molar-refractivity contribution is 0.0976. The highest BCUT2D eigenvalue weighted by molar-refractivity contribution is 5.98. The molecule has 110 valence electrons. The smallest absolute Gasteiger partial charge is 0.254 e. The van der Waals surface area contributed by atoms with Crippen molar-refractivity contribution in [3.8, 4) is 5.88 Å². The van der Waals surface area contributed by atoms with Crippen molar-refractivity contribution in [2.75, 3.05) is 0 Å². The Morgan fingerprint density at radius 1 is 1.24 bits per heavy atom. The molecular weight excluding hydrogens is 266 g/mol. The van der Waals surface area contributed by atoms with E-state index < -0.39 is 5.91 Å². The second kappa shape index (κ2) is 5.69. The monoisotopic (exact) mass is 285 g/mol. The molecule has 1 aliphatic carbocycles. The molecule has 2 aromatic rings. The molecule has 3 rings (SSSR count). The van der Waals surface area contributed by atoms with E-state index in [1.807, 2.05) is 24.3 Å². The van der Waals surface area contributed by atoms with Crippen molar-refractivity contribution in [3.63, 3.8) is 0 Å². The Balaban J connectivity index is 1.99. The number of para-hydroxylation sites is 1. The number of rotatable bonds is 3. The van der Waals surface area contributed by atoms with Crippen LogP contribution >= 0.6 is 0 Å². The maximum absolute atomic E-state index is 11.7. The van der Waals surface area contributed by atoms with E-state index in [1.165, 1.54) is 0 Å². The normalized spacial score (nSPS) is 22.1. The number of pyridine rings is 1. The van der Waals surface area contributed by atoms with Crippen LogP contribution in [0.25, 0.3) is 10.9 Å². The van der Waals surface area contributed by atoms with Gasteiger partial charge in [-0.1, -0.05) is 24.6 Å². The van der Waals surface area contributed by atoms with Crippen LogP contribution in [0.1, 0.15) is 36.0 Å². The number of benzene rings is 1. The van der Waals surface area contributed by atoms with E-state index in [0.717, 1.165) is 36.6 Å². The molecule has 5 nitrogen and oxygen atoms in total. The minimum absolute atomic E-state index is 0.0206. The second-order valence-electron chi connectivity index (χ2n) is 5.50. The summed E-state index contributed by atoms with van der Waals surface area (Å²) in [5.74, 6) is -0.240. The van der Waals surface area contributed by atoms with Crippen molar-refractivity contribution in [2.45, 2.75) is 37.8 Å². The zero-order valence-electron chi connectivity index (χ0n) is 11.8. The van der Waals surface area contributed by atoms with Gasteiger partial charge in [-0.2, -0.15) is 0 Å². The predicted octanol–water partition coefficient (Wildman–Crippen LogP) is 1.98. The Morgan fingerprint density at radius 2 is 2.00 bits per heavy atom. The van der Waals surface area contributed by atoms with Gasteiger partial charge in [-0.25, -0.2) is 4.98 Å². The molecular formula is C16H19N3O2. The van der Waals surface area contributed by atoms with E-state index in [1.54, 1.807) is 6.07 Å². The highest BCUT2D eigenvalue weighted by atomic mass is 16.5. The van der Waals surface area contributed by atoms with E-state index in [4.69, 9.17) is 16.2 Å². The van der Waals surface area contributed by atoms with Crippen LogP contribution in [-0.4, -0.2) is 23.0 Å². The van der Waals surface area contributed by atoms with Crippen LogP contribution in [0.15, 0.2) is 30.3 Å². The Bertz CT molecular complexity index is 672. The Morgan fingerprint density at radius 3 is 2.76 bits per heavy atom. The fraction of sp³-hybridized carbons (Fsp3) is 0.375. The largest absolute Gasteiger partial charge is 0.472 e. The van der Waals surface area contributed by atoms with Crippen LogP contribution < -0.4 is 16.2 Å². The zero-order valence-corrected chi connectivity index (χ0v) is 11.8. The topological polar surface area (TPSA) is 91.2 Å². The van der Waals surface area contributed by atoms with E-state index in [9.17, 15) is 4.79 Å². The van der Waals surface area contributed by atoms with Gasteiger partial charge in [0.1, 0.15) is 11.7 Å². The van der Waals surface area contributed by atoms with Gasteiger partial charge in [0.15, 0.2) is 0 Å². The Kier molecular flexibility index (Phi) is 3.75. The number of carbonyl (C=O) groups excluding carboxylic acids is 1. The molecule has 2 atom stereocenters. The number of primary amides is 1. The number of hydrogen-bond acceptors (Lipinski definition) is 4. The molecule has 0 radical (unpaired) electrons. The molecule has 5 heteroatoms. The van der Waals surface area contributed by atoms with E-state index in [-0.39, 0.29) is 12.1 Å². The Hall–Kier alpha value is -2.14. The van der Waals surface area contributed by atoms with Crippen LogP contribution in [0, 0.1) is 0 Å². The minimum atomic E-state index is -0.535. The number of carbonyl (C=O) groups is 1. The molecule has 4 N–H and O–H groups in total. The number of aromatic nitrogens is 1. The first kappa shape index (κ1) is 13.8. The molecule has 1 amide bonds. The highest BCUT2D eigenvalue weighted by Crippen LogP contribution is 2.26. The van der Waals surface area contributed by atoms with Crippen LogP contribution in [0.4, 0.5) is 0 Å². The summed E-state index contributed by atoms with van der Waals surface area (Å²) in [4.78, 5) is 16.1. The summed E-state index contributed by atoms with van der Waals surface area (Å²) in [6.07, 6.45) is 3.91. The predicted molar refractivity (Wildman–Crippen MR) is 81.1 cm³/mol. The van der Waals surface area contributed by atoms with Gasteiger partial charge in [-0.3, -0.25) is 4.79 Å². The first-order valence-corrected chi connectivity index (χ1v) is 7.27. The maximum atomic E-state index is 11.7. The summed E-state index contributed by atoms with van der Waals surface area (Å²) in [6, 6.07) is 9.28. The van der Waals surface area contributed by atoms with Crippen molar-refractivity contribution < 1.29 is 9.53 Å². The van der Waals surface area contributed by atoms with Gasteiger partial charge in [0.2, 0.25) is 5.88 Å². The van der Waals surface area contributed by atoms with Crippen LogP contribution in [0.5, 0.6) is 5.88 Å².